The second-order valence-corrected chi connectivity index (χ2v) is 7.30. The summed E-state index contributed by atoms with van der Waals surface area (Å²) in [7, 11) is 0. The summed E-state index contributed by atoms with van der Waals surface area (Å²) < 4.78 is 1.08. The number of hydrogen-bond acceptors (Lipinski definition) is 2. The Kier molecular flexibility index (Phi) is 5.44. The smallest absolute Gasteiger partial charge is 0.106 e. The molecule has 1 aromatic carbocycles. The minimum absolute atomic E-state index is 0.483. The van der Waals surface area contributed by atoms with Crippen LogP contribution in [0.3, 0.4) is 0 Å². The molecule has 1 aromatic rings. The van der Waals surface area contributed by atoms with Gasteiger partial charge in [-0.05, 0) is 49.3 Å². The van der Waals surface area contributed by atoms with E-state index in [2.05, 4.69) is 40.7 Å². The van der Waals surface area contributed by atoms with E-state index in [0.29, 0.717) is 4.99 Å². The summed E-state index contributed by atoms with van der Waals surface area (Å²) in [5.74, 6) is 1.60. The standard InChI is InChI=1S/C16H23BrN2S/c1-11(2)12-4-3-8-19(9-7-12)15-10-13(17)5-6-14(15)16(18)20/h5-6,10-12H,3-4,7-9H2,1-2H3,(H2,18,20). The quantitative estimate of drug-likeness (QED) is 0.818. The van der Waals surface area contributed by atoms with Crippen molar-refractivity contribution in [1.29, 1.82) is 0 Å². The van der Waals surface area contributed by atoms with Gasteiger partial charge in [-0.25, -0.2) is 0 Å². The number of halogens is 1. The molecule has 1 heterocycles. The molecule has 0 saturated carbocycles. The molecule has 1 aliphatic heterocycles. The van der Waals surface area contributed by atoms with Crippen molar-refractivity contribution in [2.45, 2.75) is 33.1 Å². The van der Waals surface area contributed by atoms with Crippen molar-refractivity contribution in [2.75, 3.05) is 18.0 Å². The normalized spacial score (nSPS) is 20.0. The maximum Gasteiger partial charge on any atom is 0.106 e. The Bertz CT molecular complexity index is 487. The summed E-state index contributed by atoms with van der Waals surface area (Å²) in [6, 6.07) is 6.17. The molecule has 1 unspecified atom stereocenters. The Hall–Kier alpha value is -0.610. The van der Waals surface area contributed by atoms with Crippen LogP contribution in [0.25, 0.3) is 0 Å². The molecule has 1 atom stereocenters. The first-order valence-electron chi connectivity index (χ1n) is 7.33. The van der Waals surface area contributed by atoms with Gasteiger partial charge in [0.15, 0.2) is 0 Å². The fraction of sp³-hybridized carbons (Fsp3) is 0.562. The van der Waals surface area contributed by atoms with Gasteiger partial charge in [0.05, 0.1) is 0 Å². The highest BCUT2D eigenvalue weighted by atomic mass is 79.9. The predicted octanol–water partition coefficient (Wildman–Crippen LogP) is 4.35. The molecule has 1 aliphatic rings. The molecule has 110 valence electrons. The molecule has 4 heteroatoms. The lowest BCUT2D eigenvalue weighted by Gasteiger charge is -2.26. The Labute approximate surface area is 135 Å². The van der Waals surface area contributed by atoms with Crippen LogP contribution in [0.1, 0.15) is 38.7 Å². The van der Waals surface area contributed by atoms with Crippen LogP contribution in [-0.2, 0) is 0 Å². The average Bonchev–Trinajstić information content (AvgIpc) is 2.63. The zero-order valence-corrected chi connectivity index (χ0v) is 14.6. The third-order valence-corrected chi connectivity index (χ3v) is 4.99. The van der Waals surface area contributed by atoms with Crippen LogP contribution in [0.2, 0.25) is 0 Å². The van der Waals surface area contributed by atoms with Crippen LogP contribution < -0.4 is 10.6 Å². The monoisotopic (exact) mass is 354 g/mol. The van der Waals surface area contributed by atoms with Crippen molar-refractivity contribution in [2.24, 2.45) is 17.6 Å². The number of nitrogens with two attached hydrogens (primary N) is 1. The highest BCUT2D eigenvalue weighted by Gasteiger charge is 2.21. The highest BCUT2D eigenvalue weighted by Crippen LogP contribution is 2.30. The number of benzene rings is 1. The molecular weight excluding hydrogens is 332 g/mol. The van der Waals surface area contributed by atoms with Gasteiger partial charge in [-0.3, -0.25) is 0 Å². The van der Waals surface area contributed by atoms with E-state index >= 15 is 0 Å². The van der Waals surface area contributed by atoms with Gasteiger partial charge < -0.3 is 10.6 Å². The fourth-order valence-corrected chi connectivity index (χ4v) is 3.53. The number of anilines is 1. The van der Waals surface area contributed by atoms with Gasteiger partial charge in [-0.15, -0.1) is 0 Å². The summed E-state index contributed by atoms with van der Waals surface area (Å²) in [6.45, 7) is 6.85. The summed E-state index contributed by atoms with van der Waals surface area (Å²) in [4.78, 5) is 2.93. The topological polar surface area (TPSA) is 29.3 Å². The van der Waals surface area contributed by atoms with Crippen molar-refractivity contribution in [1.82, 2.24) is 0 Å². The first kappa shape index (κ1) is 15.8. The Morgan fingerprint density at radius 1 is 1.35 bits per heavy atom. The molecular formula is C16H23BrN2S. The van der Waals surface area contributed by atoms with Crippen LogP contribution in [0.5, 0.6) is 0 Å². The summed E-state index contributed by atoms with van der Waals surface area (Å²) in [6.07, 6.45) is 3.82. The minimum atomic E-state index is 0.483. The highest BCUT2D eigenvalue weighted by molar-refractivity contribution is 9.10. The molecule has 1 fully saturated rings. The predicted molar refractivity (Wildman–Crippen MR) is 94.4 cm³/mol. The molecule has 0 amide bonds. The maximum atomic E-state index is 5.88. The number of nitrogens with zero attached hydrogens (tertiary/aromatic N) is 1. The van der Waals surface area contributed by atoms with E-state index in [1.54, 1.807) is 0 Å². The van der Waals surface area contributed by atoms with Crippen LogP contribution in [0, 0.1) is 11.8 Å². The Morgan fingerprint density at radius 2 is 2.10 bits per heavy atom. The van der Waals surface area contributed by atoms with Crippen molar-refractivity contribution < 1.29 is 0 Å². The third-order valence-electron chi connectivity index (χ3n) is 4.28. The second-order valence-electron chi connectivity index (χ2n) is 5.95. The summed E-state index contributed by atoms with van der Waals surface area (Å²) in [5.41, 5.74) is 8.04. The molecule has 0 aliphatic carbocycles. The third kappa shape index (κ3) is 3.73. The summed E-state index contributed by atoms with van der Waals surface area (Å²) in [5, 5.41) is 0. The van der Waals surface area contributed by atoms with Gasteiger partial charge in [0.1, 0.15) is 4.99 Å². The van der Waals surface area contributed by atoms with Gasteiger partial charge >= 0.3 is 0 Å². The SMILES string of the molecule is CC(C)C1CCCN(c2cc(Br)ccc2C(N)=S)CC1. The van der Waals surface area contributed by atoms with Crippen LogP contribution >= 0.6 is 28.1 Å². The lowest BCUT2D eigenvalue weighted by atomic mass is 9.89. The van der Waals surface area contributed by atoms with Gasteiger partial charge in [0.2, 0.25) is 0 Å². The van der Waals surface area contributed by atoms with Crippen LogP contribution in [-0.4, -0.2) is 18.1 Å². The van der Waals surface area contributed by atoms with E-state index in [-0.39, 0.29) is 0 Å². The van der Waals surface area contributed by atoms with E-state index in [1.807, 2.05) is 12.1 Å². The average molecular weight is 355 g/mol. The molecule has 2 rings (SSSR count). The van der Waals surface area contributed by atoms with Gasteiger partial charge in [-0.1, -0.05) is 42.0 Å². The van der Waals surface area contributed by atoms with E-state index in [0.717, 1.165) is 35.0 Å². The molecule has 2 nitrogen and oxygen atoms in total. The van der Waals surface area contributed by atoms with Gasteiger partial charge in [0, 0.05) is 28.8 Å². The largest absolute Gasteiger partial charge is 0.389 e. The maximum absolute atomic E-state index is 5.88. The minimum Gasteiger partial charge on any atom is -0.389 e. The van der Waals surface area contributed by atoms with Gasteiger partial charge in [0.25, 0.3) is 0 Å². The van der Waals surface area contributed by atoms with Gasteiger partial charge in [-0.2, -0.15) is 0 Å². The zero-order valence-electron chi connectivity index (χ0n) is 12.2. The van der Waals surface area contributed by atoms with Crippen molar-refractivity contribution in [3.63, 3.8) is 0 Å². The zero-order chi connectivity index (χ0) is 14.7. The second kappa shape index (κ2) is 6.90. The molecule has 2 N–H and O–H groups in total. The lowest BCUT2D eigenvalue weighted by molar-refractivity contribution is 0.351. The lowest BCUT2D eigenvalue weighted by Crippen LogP contribution is -2.27. The Balaban J connectivity index is 2.23. The van der Waals surface area contributed by atoms with E-state index in [4.69, 9.17) is 18.0 Å². The van der Waals surface area contributed by atoms with Crippen LogP contribution in [0.4, 0.5) is 5.69 Å². The molecule has 0 radical (unpaired) electrons. The van der Waals surface area contributed by atoms with Crippen molar-refractivity contribution in [3.05, 3.63) is 28.2 Å². The molecule has 0 bridgehead atoms. The number of rotatable bonds is 3. The molecule has 0 spiro atoms. The van der Waals surface area contributed by atoms with Crippen molar-refractivity contribution >= 4 is 38.8 Å². The molecule has 1 saturated heterocycles. The van der Waals surface area contributed by atoms with Crippen molar-refractivity contribution in [3.8, 4) is 0 Å². The van der Waals surface area contributed by atoms with E-state index in [1.165, 1.54) is 24.9 Å². The first-order valence-corrected chi connectivity index (χ1v) is 8.53. The molecule has 20 heavy (non-hydrogen) atoms. The number of thiocarbonyl (C=S) groups is 1. The van der Waals surface area contributed by atoms with E-state index < -0.39 is 0 Å². The first-order chi connectivity index (χ1) is 9.49. The Morgan fingerprint density at radius 3 is 2.75 bits per heavy atom. The molecule has 0 aromatic heterocycles. The van der Waals surface area contributed by atoms with E-state index in [9.17, 15) is 0 Å². The van der Waals surface area contributed by atoms with Crippen LogP contribution in [0.15, 0.2) is 22.7 Å². The number of hydrogen-bond donors (Lipinski definition) is 1. The summed E-state index contributed by atoms with van der Waals surface area (Å²) >= 11 is 8.75. The fourth-order valence-electron chi connectivity index (χ4n) is 3.00.